The van der Waals surface area contributed by atoms with Crippen molar-refractivity contribution >= 4 is 0 Å². The minimum Gasteiger partial charge on any atom is -0.323 e. The number of likely N-dealkylation sites (N-methyl/N-ethyl adjacent to an activating group) is 1. The molecular weight excluding hydrogens is 222 g/mol. The summed E-state index contributed by atoms with van der Waals surface area (Å²) in [5.41, 5.74) is 10.8. The lowest BCUT2D eigenvalue weighted by Crippen LogP contribution is -2.53. The van der Waals surface area contributed by atoms with Crippen LogP contribution < -0.4 is 11.1 Å². The van der Waals surface area contributed by atoms with Crippen molar-refractivity contribution in [1.29, 1.82) is 0 Å². The van der Waals surface area contributed by atoms with Gasteiger partial charge in [0.05, 0.1) is 0 Å². The normalized spacial score (nSPS) is 26.0. The van der Waals surface area contributed by atoms with Crippen LogP contribution in [-0.4, -0.2) is 37.6 Å². The number of nitrogens with one attached hydrogen (secondary N) is 1. The molecule has 2 aliphatic rings. The molecule has 1 fully saturated rings. The summed E-state index contributed by atoms with van der Waals surface area (Å²) in [7, 11) is 2.18. The molecule has 3 nitrogen and oxygen atoms in total. The molecular formula is C15H23N3. The molecule has 1 aromatic carbocycles. The van der Waals surface area contributed by atoms with E-state index in [1.165, 1.54) is 36.0 Å². The first-order valence-electron chi connectivity index (χ1n) is 7.04. The molecule has 2 atom stereocenters. The standard InChI is InChI=1S/C15H23N3/c1-18-8-7-17-10-14(18)15(16)13-6-5-11-3-2-4-12(11)9-13/h5-6,9,14-15,17H,2-4,7-8,10,16H2,1H3. The van der Waals surface area contributed by atoms with Gasteiger partial charge in [0, 0.05) is 31.7 Å². The first-order valence-corrected chi connectivity index (χ1v) is 7.04. The molecule has 98 valence electrons. The fraction of sp³-hybridized carbons (Fsp3) is 0.600. The van der Waals surface area contributed by atoms with Gasteiger partial charge in [-0.1, -0.05) is 18.2 Å². The Labute approximate surface area is 109 Å². The number of hydrogen-bond donors (Lipinski definition) is 2. The molecule has 3 heteroatoms. The molecule has 1 aliphatic carbocycles. The number of piperazine rings is 1. The third-order valence-electron chi connectivity index (χ3n) is 4.48. The summed E-state index contributed by atoms with van der Waals surface area (Å²) in [5.74, 6) is 0. The van der Waals surface area contributed by atoms with Crippen LogP contribution in [0.25, 0.3) is 0 Å². The minimum absolute atomic E-state index is 0.119. The summed E-state index contributed by atoms with van der Waals surface area (Å²) < 4.78 is 0. The van der Waals surface area contributed by atoms with Gasteiger partial charge < -0.3 is 11.1 Å². The highest BCUT2D eigenvalue weighted by atomic mass is 15.2. The highest BCUT2D eigenvalue weighted by Gasteiger charge is 2.26. The van der Waals surface area contributed by atoms with Gasteiger partial charge in [-0.05, 0) is 43.0 Å². The Bertz CT molecular complexity index is 430. The van der Waals surface area contributed by atoms with Gasteiger partial charge in [-0.2, -0.15) is 0 Å². The van der Waals surface area contributed by atoms with Crippen LogP contribution in [0, 0.1) is 0 Å². The molecule has 0 saturated carbocycles. The van der Waals surface area contributed by atoms with Gasteiger partial charge in [0.15, 0.2) is 0 Å². The third-order valence-corrected chi connectivity index (χ3v) is 4.48. The maximum absolute atomic E-state index is 6.47. The SMILES string of the molecule is CN1CCNCC1C(N)c1ccc2c(c1)CCC2. The van der Waals surface area contributed by atoms with E-state index < -0.39 is 0 Å². The largest absolute Gasteiger partial charge is 0.323 e. The molecule has 18 heavy (non-hydrogen) atoms. The summed E-state index contributed by atoms with van der Waals surface area (Å²) >= 11 is 0. The third kappa shape index (κ3) is 2.18. The van der Waals surface area contributed by atoms with E-state index in [2.05, 4.69) is 35.5 Å². The highest BCUT2D eigenvalue weighted by molar-refractivity contribution is 5.37. The van der Waals surface area contributed by atoms with Crippen LogP contribution in [0.15, 0.2) is 18.2 Å². The predicted molar refractivity (Wildman–Crippen MR) is 74.7 cm³/mol. The number of benzene rings is 1. The number of aryl methyl sites for hydroxylation is 2. The van der Waals surface area contributed by atoms with E-state index in [0.717, 1.165) is 19.6 Å². The molecule has 3 N–H and O–H groups in total. The zero-order valence-electron chi connectivity index (χ0n) is 11.2. The average Bonchev–Trinajstić information content (AvgIpc) is 2.85. The Balaban J connectivity index is 1.81. The van der Waals surface area contributed by atoms with E-state index in [-0.39, 0.29) is 6.04 Å². The monoisotopic (exact) mass is 245 g/mol. The van der Waals surface area contributed by atoms with E-state index in [0.29, 0.717) is 6.04 Å². The molecule has 1 heterocycles. The Hall–Kier alpha value is -0.900. The highest BCUT2D eigenvalue weighted by Crippen LogP contribution is 2.27. The molecule has 1 saturated heterocycles. The lowest BCUT2D eigenvalue weighted by atomic mass is 9.95. The molecule has 0 amide bonds. The van der Waals surface area contributed by atoms with Gasteiger partial charge in [0.25, 0.3) is 0 Å². The maximum Gasteiger partial charge on any atom is 0.0465 e. The molecule has 1 aromatic rings. The summed E-state index contributed by atoms with van der Waals surface area (Å²) in [4.78, 5) is 2.38. The Morgan fingerprint density at radius 1 is 1.33 bits per heavy atom. The first-order chi connectivity index (χ1) is 8.75. The van der Waals surface area contributed by atoms with Crippen molar-refractivity contribution in [3.63, 3.8) is 0 Å². The molecule has 2 unspecified atom stereocenters. The second-order valence-corrected chi connectivity index (χ2v) is 5.66. The lowest BCUT2D eigenvalue weighted by Gasteiger charge is -2.37. The van der Waals surface area contributed by atoms with Gasteiger partial charge in [-0.25, -0.2) is 0 Å². The second kappa shape index (κ2) is 5.00. The van der Waals surface area contributed by atoms with Crippen LogP contribution in [0.3, 0.4) is 0 Å². The van der Waals surface area contributed by atoms with Crippen molar-refractivity contribution in [3.05, 3.63) is 34.9 Å². The van der Waals surface area contributed by atoms with Crippen LogP contribution in [-0.2, 0) is 12.8 Å². The minimum atomic E-state index is 0.119. The molecule has 0 bridgehead atoms. The van der Waals surface area contributed by atoms with Crippen molar-refractivity contribution in [2.24, 2.45) is 5.73 Å². The predicted octanol–water partition coefficient (Wildman–Crippen LogP) is 1.08. The van der Waals surface area contributed by atoms with Crippen LogP contribution >= 0.6 is 0 Å². The van der Waals surface area contributed by atoms with Crippen molar-refractivity contribution < 1.29 is 0 Å². The van der Waals surface area contributed by atoms with E-state index in [1.807, 2.05) is 0 Å². The summed E-state index contributed by atoms with van der Waals surface area (Å²) in [5, 5.41) is 3.45. The number of fused-ring (bicyclic) bond motifs is 1. The lowest BCUT2D eigenvalue weighted by molar-refractivity contribution is 0.174. The van der Waals surface area contributed by atoms with E-state index in [1.54, 1.807) is 0 Å². The smallest absolute Gasteiger partial charge is 0.0465 e. The Morgan fingerprint density at radius 3 is 3.00 bits per heavy atom. The van der Waals surface area contributed by atoms with Crippen molar-refractivity contribution in [2.75, 3.05) is 26.7 Å². The molecule has 3 rings (SSSR count). The second-order valence-electron chi connectivity index (χ2n) is 5.66. The van der Waals surface area contributed by atoms with Gasteiger partial charge in [-0.15, -0.1) is 0 Å². The summed E-state index contributed by atoms with van der Waals surface area (Å²) in [6.45, 7) is 3.15. The van der Waals surface area contributed by atoms with Crippen LogP contribution in [0.5, 0.6) is 0 Å². The fourth-order valence-corrected chi connectivity index (χ4v) is 3.25. The Morgan fingerprint density at radius 2 is 2.17 bits per heavy atom. The van der Waals surface area contributed by atoms with Crippen LogP contribution in [0.1, 0.15) is 29.2 Å². The quantitative estimate of drug-likeness (QED) is 0.819. The topological polar surface area (TPSA) is 41.3 Å². The number of nitrogens with two attached hydrogens (primary N) is 1. The van der Waals surface area contributed by atoms with Crippen molar-refractivity contribution in [1.82, 2.24) is 10.2 Å². The van der Waals surface area contributed by atoms with Gasteiger partial charge >= 0.3 is 0 Å². The number of rotatable bonds is 2. The van der Waals surface area contributed by atoms with Gasteiger partial charge in [0.2, 0.25) is 0 Å². The maximum atomic E-state index is 6.47. The molecule has 0 radical (unpaired) electrons. The fourth-order valence-electron chi connectivity index (χ4n) is 3.25. The van der Waals surface area contributed by atoms with Gasteiger partial charge in [-0.3, -0.25) is 4.90 Å². The first kappa shape index (κ1) is 12.2. The van der Waals surface area contributed by atoms with Crippen molar-refractivity contribution in [2.45, 2.75) is 31.3 Å². The van der Waals surface area contributed by atoms with Crippen molar-refractivity contribution in [3.8, 4) is 0 Å². The summed E-state index contributed by atoms with van der Waals surface area (Å²) in [6, 6.07) is 7.40. The number of nitrogens with zero attached hydrogens (tertiary/aromatic N) is 1. The average molecular weight is 245 g/mol. The van der Waals surface area contributed by atoms with E-state index in [4.69, 9.17) is 5.73 Å². The van der Waals surface area contributed by atoms with E-state index in [9.17, 15) is 0 Å². The molecule has 0 spiro atoms. The van der Waals surface area contributed by atoms with Crippen LogP contribution in [0.2, 0.25) is 0 Å². The zero-order chi connectivity index (χ0) is 12.5. The zero-order valence-corrected chi connectivity index (χ0v) is 11.2. The summed E-state index contributed by atoms with van der Waals surface area (Å²) in [6.07, 6.45) is 3.78. The van der Waals surface area contributed by atoms with Crippen LogP contribution in [0.4, 0.5) is 0 Å². The Kier molecular flexibility index (Phi) is 3.37. The van der Waals surface area contributed by atoms with Gasteiger partial charge in [0.1, 0.15) is 0 Å². The number of hydrogen-bond acceptors (Lipinski definition) is 3. The molecule has 1 aliphatic heterocycles. The van der Waals surface area contributed by atoms with E-state index >= 15 is 0 Å². The molecule has 0 aromatic heterocycles.